The van der Waals surface area contributed by atoms with E-state index in [0.717, 1.165) is 24.4 Å². The number of benzene rings is 1. The number of piperidine rings is 3. The molecule has 4 aliphatic rings. The molecule has 5 rings (SSSR count). The highest BCUT2D eigenvalue weighted by Gasteiger charge is 2.34. The first-order valence-electron chi connectivity index (χ1n) is 7.94. The molecule has 19 heavy (non-hydrogen) atoms. The van der Waals surface area contributed by atoms with Gasteiger partial charge in [-0.1, -0.05) is 24.3 Å². The molecule has 1 aromatic rings. The second-order valence-electron chi connectivity index (χ2n) is 6.60. The molecule has 2 heteroatoms. The van der Waals surface area contributed by atoms with Crippen LogP contribution in [-0.4, -0.2) is 30.6 Å². The van der Waals surface area contributed by atoms with Gasteiger partial charge in [-0.2, -0.15) is 0 Å². The minimum absolute atomic E-state index is 0.731. The highest BCUT2D eigenvalue weighted by atomic mass is 15.2. The lowest BCUT2D eigenvalue weighted by Gasteiger charge is -2.45. The first kappa shape index (κ1) is 11.9. The Morgan fingerprint density at radius 2 is 1.84 bits per heavy atom. The first-order chi connectivity index (χ1) is 9.40. The summed E-state index contributed by atoms with van der Waals surface area (Å²) in [5.41, 5.74) is 3.15. The summed E-state index contributed by atoms with van der Waals surface area (Å²) in [6, 6.07) is 9.78. The van der Waals surface area contributed by atoms with Gasteiger partial charge >= 0.3 is 0 Å². The molecule has 1 unspecified atom stereocenters. The zero-order valence-corrected chi connectivity index (χ0v) is 11.6. The van der Waals surface area contributed by atoms with Crippen LogP contribution in [0.4, 0.5) is 0 Å². The van der Waals surface area contributed by atoms with E-state index in [0.29, 0.717) is 0 Å². The van der Waals surface area contributed by atoms with E-state index in [2.05, 4.69) is 34.5 Å². The number of fused-ring (bicyclic) bond motifs is 3. The van der Waals surface area contributed by atoms with Crippen molar-refractivity contribution in [3.63, 3.8) is 0 Å². The third-order valence-electron chi connectivity index (χ3n) is 5.28. The Balaban J connectivity index is 1.42. The Labute approximate surface area is 116 Å². The molecule has 0 radical (unpaired) electrons. The Bertz CT molecular complexity index is 444. The Morgan fingerprint density at radius 3 is 2.53 bits per heavy atom. The van der Waals surface area contributed by atoms with Crippen LogP contribution in [0.5, 0.6) is 0 Å². The number of hydrogen-bond acceptors (Lipinski definition) is 2. The fourth-order valence-corrected chi connectivity index (χ4v) is 3.93. The highest BCUT2D eigenvalue weighted by Crippen LogP contribution is 2.41. The molecule has 1 atom stereocenters. The molecule has 102 valence electrons. The van der Waals surface area contributed by atoms with Gasteiger partial charge in [0.05, 0.1) is 0 Å². The van der Waals surface area contributed by atoms with Crippen LogP contribution in [0, 0.1) is 5.92 Å². The second-order valence-corrected chi connectivity index (χ2v) is 6.60. The Kier molecular flexibility index (Phi) is 3.08. The van der Waals surface area contributed by atoms with Crippen LogP contribution in [0.15, 0.2) is 24.3 Å². The number of nitrogens with one attached hydrogen (secondary N) is 1. The summed E-state index contributed by atoms with van der Waals surface area (Å²) in [4.78, 5) is 2.63. The standard InChI is InChI=1S/C17H24N2/c1-2-4-16(13-5-6-13)15(3-1)11-18-17-12-19-9-7-14(17)8-10-19/h1-4,13-14,17-18H,5-12H2. The third-order valence-corrected chi connectivity index (χ3v) is 5.28. The van der Waals surface area contributed by atoms with Crippen LogP contribution >= 0.6 is 0 Å². The van der Waals surface area contributed by atoms with E-state index in [1.54, 1.807) is 11.1 Å². The minimum atomic E-state index is 0.731. The monoisotopic (exact) mass is 256 g/mol. The van der Waals surface area contributed by atoms with E-state index < -0.39 is 0 Å². The molecule has 2 nitrogen and oxygen atoms in total. The molecular weight excluding hydrogens is 232 g/mol. The molecule has 0 aromatic heterocycles. The molecule has 3 saturated heterocycles. The van der Waals surface area contributed by atoms with Crippen LogP contribution < -0.4 is 5.32 Å². The molecule has 0 amide bonds. The van der Waals surface area contributed by atoms with Crippen LogP contribution in [0.1, 0.15) is 42.7 Å². The van der Waals surface area contributed by atoms with Gasteiger partial charge in [-0.25, -0.2) is 0 Å². The topological polar surface area (TPSA) is 15.3 Å². The van der Waals surface area contributed by atoms with Crippen molar-refractivity contribution in [2.45, 2.75) is 44.2 Å². The maximum atomic E-state index is 3.85. The predicted octanol–water partition coefficient (Wildman–Crippen LogP) is 2.75. The zero-order chi connectivity index (χ0) is 12.7. The van der Waals surface area contributed by atoms with Crippen LogP contribution in [-0.2, 0) is 6.54 Å². The molecule has 1 saturated carbocycles. The molecule has 4 fully saturated rings. The lowest BCUT2D eigenvalue weighted by Crippen LogP contribution is -2.55. The summed E-state index contributed by atoms with van der Waals surface area (Å²) < 4.78 is 0. The van der Waals surface area contributed by atoms with E-state index >= 15 is 0 Å². The minimum Gasteiger partial charge on any atom is -0.308 e. The fourth-order valence-electron chi connectivity index (χ4n) is 3.93. The summed E-state index contributed by atoms with van der Waals surface area (Å²) in [5.74, 6) is 1.79. The predicted molar refractivity (Wildman–Crippen MR) is 78.2 cm³/mol. The second kappa shape index (κ2) is 4.92. The van der Waals surface area contributed by atoms with Gasteiger partial charge in [-0.3, -0.25) is 0 Å². The summed E-state index contributed by atoms with van der Waals surface area (Å²) >= 11 is 0. The summed E-state index contributed by atoms with van der Waals surface area (Å²) in [6.45, 7) is 5.01. The number of rotatable bonds is 4. The lowest BCUT2D eigenvalue weighted by atomic mass is 9.84. The van der Waals surface area contributed by atoms with Crippen molar-refractivity contribution < 1.29 is 0 Å². The summed E-state index contributed by atoms with van der Waals surface area (Å²) in [6.07, 6.45) is 5.61. The Hall–Kier alpha value is -0.860. The first-order valence-corrected chi connectivity index (χ1v) is 7.94. The average Bonchev–Trinajstić information content (AvgIpc) is 3.31. The van der Waals surface area contributed by atoms with E-state index in [9.17, 15) is 0 Å². The van der Waals surface area contributed by atoms with E-state index in [4.69, 9.17) is 0 Å². The van der Waals surface area contributed by atoms with Gasteiger partial charge in [-0.15, -0.1) is 0 Å². The van der Waals surface area contributed by atoms with Gasteiger partial charge in [0.2, 0.25) is 0 Å². The van der Waals surface area contributed by atoms with Crippen molar-refractivity contribution in [2.75, 3.05) is 19.6 Å². The zero-order valence-electron chi connectivity index (χ0n) is 11.6. The largest absolute Gasteiger partial charge is 0.308 e. The molecule has 1 aliphatic carbocycles. The average molecular weight is 256 g/mol. The van der Waals surface area contributed by atoms with E-state index in [1.165, 1.54) is 45.3 Å². The van der Waals surface area contributed by atoms with Gasteiger partial charge in [-0.05, 0) is 61.7 Å². The number of nitrogens with zero attached hydrogens (tertiary/aromatic N) is 1. The van der Waals surface area contributed by atoms with Gasteiger partial charge in [0.25, 0.3) is 0 Å². The molecule has 1 aromatic carbocycles. The fraction of sp³-hybridized carbons (Fsp3) is 0.647. The summed E-state index contributed by atoms with van der Waals surface area (Å²) in [7, 11) is 0. The van der Waals surface area contributed by atoms with Crippen molar-refractivity contribution in [1.29, 1.82) is 0 Å². The maximum Gasteiger partial charge on any atom is 0.0227 e. The maximum absolute atomic E-state index is 3.85. The van der Waals surface area contributed by atoms with Gasteiger partial charge in [0.15, 0.2) is 0 Å². The number of hydrogen-bond donors (Lipinski definition) is 1. The van der Waals surface area contributed by atoms with Crippen molar-refractivity contribution in [1.82, 2.24) is 10.2 Å². The van der Waals surface area contributed by atoms with Crippen LogP contribution in [0.2, 0.25) is 0 Å². The van der Waals surface area contributed by atoms with Gasteiger partial charge in [0.1, 0.15) is 0 Å². The smallest absolute Gasteiger partial charge is 0.0227 e. The molecule has 1 N–H and O–H groups in total. The van der Waals surface area contributed by atoms with Crippen molar-refractivity contribution >= 4 is 0 Å². The van der Waals surface area contributed by atoms with E-state index in [-0.39, 0.29) is 0 Å². The van der Waals surface area contributed by atoms with Crippen LogP contribution in [0.25, 0.3) is 0 Å². The molecular formula is C17H24N2. The van der Waals surface area contributed by atoms with Crippen molar-refractivity contribution in [3.05, 3.63) is 35.4 Å². The lowest BCUT2D eigenvalue weighted by molar-refractivity contribution is 0.0720. The van der Waals surface area contributed by atoms with Gasteiger partial charge in [0, 0.05) is 19.1 Å². The van der Waals surface area contributed by atoms with Crippen molar-refractivity contribution in [3.8, 4) is 0 Å². The van der Waals surface area contributed by atoms with Crippen molar-refractivity contribution in [2.24, 2.45) is 5.92 Å². The van der Waals surface area contributed by atoms with Crippen LogP contribution in [0.3, 0.4) is 0 Å². The Morgan fingerprint density at radius 1 is 1.05 bits per heavy atom. The third kappa shape index (κ3) is 2.44. The molecule has 2 bridgehead atoms. The molecule has 3 heterocycles. The normalized spacial score (nSPS) is 33.6. The SMILES string of the molecule is c1ccc(C2CC2)c(CNC2CN3CCC2CC3)c1. The molecule has 0 spiro atoms. The molecule has 3 aliphatic heterocycles. The van der Waals surface area contributed by atoms with Gasteiger partial charge < -0.3 is 10.2 Å². The quantitative estimate of drug-likeness (QED) is 0.891. The summed E-state index contributed by atoms with van der Waals surface area (Å²) in [5, 5.41) is 3.85. The van der Waals surface area contributed by atoms with E-state index in [1.807, 2.05) is 0 Å². The highest BCUT2D eigenvalue weighted by molar-refractivity contribution is 5.33.